The lowest BCUT2D eigenvalue weighted by atomic mass is 10.2. The Labute approximate surface area is 92.0 Å². The Morgan fingerprint density at radius 3 is 3.00 bits per heavy atom. The van der Waals surface area contributed by atoms with Gasteiger partial charge in [-0.3, -0.25) is 0 Å². The lowest BCUT2D eigenvalue weighted by Gasteiger charge is -2.07. The average Bonchev–Trinajstić information content (AvgIpc) is 2.80. The highest BCUT2D eigenvalue weighted by Crippen LogP contribution is 2.23. The van der Waals surface area contributed by atoms with Gasteiger partial charge in [-0.2, -0.15) is 5.26 Å². The molecule has 0 radical (unpaired) electrons. The van der Waals surface area contributed by atoms with E-state index in [1.807, 2.05) is 6.07 Å². The third-order valence-electron chi connectivity index (χ3n) is 2.02. The molecule has 5 nitrogen and oxygen atoms in total. The second kappa shape index (κ2) is 4.36. The van der Waals surface area contributed by atoms with Crippen LogP contribution < -0.4 is 10.5 Å². The number of hydrogen-bond donors (Lipinski definition) is 1. The maximum Gasteiger partial charge on any atom is 0.142 e. The zero-order valence-electron chi connectivity index (χ0n) is 8.38. The van der Waals surface area contributed by atoms with Crippen LogP contribution in [0.2, 0.25) is 0 Å². The second-order valence-electron chi connectivity index (χ2n) is 3.19. The SMILES string of the molecule is N#Cc1ccc(OCc2cnoc2)c(N)c1. The molecule has 0 fully saturated rings. The summed E-state index contributed by atoms with van der Waals surface area (Å²) in [6.07, 6.45) is 3.07. The molecule has 0 aliphatic heterocycles. The minimum Gasteiger partial charge on any atom is -0.487 e. The maximum atomic E-state index is 8.67. The van der Waals surface area contributed by atoms with Crippen molar-refractivity contribution in [2.75, 3.05) is 5.73 Å². The van der Waals surface area contributed by atoms with Crippen LogP contribution in [-0.4, -0.2) is 5.16 Å². The minimum absolute atomic E-state index is 0.333. The number of hydrogen-bond acceptors (Lipinski definition) is 5. The van der Waals surface area contributed by atoms with Crippen LogP contribution in [-0.2, 0) is 6.61 Å². The number of benzene rings is 1. The summed E-state index contributed by atoms with van der Waals surface area (Å²) >= 11 is 0. The van der Waals surface area contributed by atoms with E-state index in [0.717, 1.165) is 5.56 Å². The number of nitrogens with two attached hydrogens (primary N) is 1. The fourth-order valence-electron chi connectivity index (χ4n) is 1.21. The number of nitriles is 1. The van der Waals surface area contributed by atoms with Crippen molar-refractivity contribution < 1.29 is 9.26 Å². The number of nitrogens with zero attached hydrogens (tertiary/aromatic N) is 2. The molecule has 1 aromatic carbocycles. The van der Waals surface area contributed by atoms with E-state index in [-0.39, 0.29) is 0 Å². The molecule has 2 aromatic rings. The second-order valence-corrected chi connectivity index (χ2v) is 3.19. The van der Waals surface area contributed by atoms with Crippen molar-refractivity contribution in [2.24, 2.45) is 0 Å². The van der Waals surface area contributed by atoms with Gasteiger partial charge in [-0.1, -0.05) is 5.16 Å². The lowest BCUT2D eigenvalue weighted by Crippen LogP contribution is -1.98. The van der Waals surface area contributed by atoms with E-state index in [4.69, 9.17) is 15.7 Å². The summed E-state index contributed by atoms with van der Waals surface area (Å²) in [5.74, 6) is 0.542. The van der Waals surface area contributed by atoms with Gasteiger partial charge in [0.1, 0.15) is 18.6 Å². The van der Waals surface area contributed by atoms with Crippen molar-refractivity contribution in [3.05, 3.63) is 41.8 Å². The molecule has 2 rings (SSSR count). The van der Waals surface area contributed by atoms with Crippen LogP contribution in [0, 0.1) is 11.3 Å². The summed E-state index contributed by atoms with van der Waals surface area (Å²) in [4.78, 5) is 0. The summed E-state index contributed by atoms with van der Waals surface area (Å²) in [6, 6.07) is 6.90. The monoisotopic (exact) mass is 215 g/mol. The van der Waals surface area contributed by atoms with Gasteiger partial charge in [-0.05, 0) is 18.2 Å². The molecule has 5 heteroatoms. The molecule has 0 aliphatic carbocycles. The van der Waals surface area contributed by atoms with Crippen LogP contribution in [0.15, 0.2) is 35.2 Å². The fourth-order valence-corrected chi connectivity index (χ4v) is 1.21. The third kappa shape index (κ3) is 2.12. The molecule has 1 heterocycles. The molecule has 0 spiro atoms. The first kappa shape index (κ1) is 10.1. The molecular formula is C11H9N3O2. The molecule has 80 valence electrons. The molecule has 2 N–H and O–H groups in total. The van der Waals surface area contributed by atoms with Gasteiger partial charge >= 0.3 is 0 Å². The first-order valence-electron chi connectivity index (χ1n) is 4.60. The van der Waals surface area contributed by atoms with Gasteiger partial charge in [-0.15, -0.1) is 0 Å². The van der Waals surface area contributed by atoms with Crippen molar-refractivity contribution in [3.8, 4) is 11.8 Å². The predicted octanol–water partition coefficient (Wildman–Crippen LogP) is 1.71. The first-order valence-corrected chi connectivity index (χ1v) is 4.60. The normalized spacial score (nSPS) is 9.69. The molecule has 0 aliphatic rings. The van der Waals surface area contributed by atoms with E-state index < -0.39 is 0 Å². The van der Waals surface area contributed by atoms with E-state index in [9.17, 15) is 0 Å². The van der Waals surface area contributed by atoms with Crippen LogP contribution in [0.3, 0.4) is 0 Å². The van der Waals surface area contributed by atoms with E-state index in [1.54, 1.807) is 24.4 Å². The Hall–Kier alpha value is -2.48. The number of anilines is 1. The average molecular weight is 215 g/mol. The van der Waals surface area contributed by atoms with Crippen molar-refractivity contribution in [3.63, 3.8) is 0 Å². The zero-order valence-corrected chi connectivity index (χ0v) is 8.38. The summed E-state index contributed by atoms with van der Waals surface area (Å²) in [5, 5.41) is 12.2. The van der Waals surface area contributed by atoms with Crippen molar-refractivity contribution in [1.29, 1.82) is 5.26 Å². The van der Waals surface area contributed by atoms with Crippen molar-refractivity contribution in [2.45, 2.75) is 6.61 Å². The Kier molecular flexibility index (Phi) is 2.74. The largest absolute Gasteiger partial charge is 0.487 e. The van der Waals surface area contributed by atoms with Gasteiger partial charge in [0.15, 0.2) is 0 Å². The lowest BCUT2D eigenvalue weighted by molar-refractivity contribution is 0.306. The van der Waals surface area contributed by atoms with Crippen molar-refractivity contribution >= 4 is 5.69 Å². The van der Waals surface area contributed by atoms with Crippen LogP contribution >= 0.6 is 0 Å². The number of aromatic nitrogens is 1. The first-order chi connectivity index (χ1) is 7.79. The number of rotatable bonds is 3. The van der Waals surface area contributed by atoms with Crippen LogP contribution in [0.25, 0.3) is 0 Å². The van der Waals surface area contributed by atoms with Crippen LogP contribution in [0.1, 0.15) is 11.1 Å². The Balaban J connectivity index is 2.08. The van der Waals surface area contributed by atoms with Gasteiger partial charge in [0, 0.05) is 5.56 Å². The third-order valence-corrected chi connectivity index (χ3v) is 2.02. The molecular weight excluding hydrogens is 206 g/mol. The topological polar surface area (TPSA) is 85.1 Å². The maximum absolute atomic E-state index is 8.67. The number of ether oxygens (including phenoxy) is 1. The smallest absolute Gasteiger partial charge is 0.142 e. The van der Waals surface area contributed by atoms with Gasteiger partial charge in [0.25, 0.3) is 0 Å². The highest BCUT2D eigenvalue weighted by molar-refractivity contribution is 5.56. The Morgan fingerprint density at radius 1 is 1.50 bits per heavy atom. The quantitative estimate of drug-likeness (QED) is 0.787. The fraction of sp³-hybridized carbons (Fsp3) is 0.0909. The van der Waals surface area contributed by atoms with Gasteiger partial charge in [0.05, 0.1) is 23.5 Å². The molecule has 0 unspecified atom stereocenters. The Bertz CT molecular complexity index is 515. The molecule has 16 heavy (non-hydrogen) atoms. The van der Waals surface area contributed by atoms with E-state index in [2.05, 4.69) is 9.68 Å². The van der Waals surface area contributed by atoms with Crippen LogP contribution in [0.5, 0.6) is 5.75 Å². The molecule has 0 saturated heterocycles. The minimum atomic E-state index is 0.333. The molecule has 1 aromatic heterocycles. The molecule has 0 saturated carbocycles. The van der Waals surface area contributed by atoms with E-state index in [1.165, 1.54) is 6.26 Å². The van der Waals surface area contributed by atoms with E-state index >= 15 is 0 Å². The van der Waals surface area contributed by atoms with Crippen LogP contribution in [0.4, 0.5) is 5.69 Å². The van der Waals surface area contributed by atoms with E-state index in [0.29, 0.717) is 23.6 Å². The van der Waals surface area contributed by atoms with Gasteiger partial charge < -0.3 is 15.0 Å². The molecule has 0 bridgehead atoms. The van der Waals surface area contributed by atoms with Crippen molar-refractivity contribution in [1.82, 2.24) is 5.16 Å². The van der Waals surface area contributed by atoms with Gasteiger partial charge in [0.2, 0.25) is 0 Å². The summed E-state index contributed by atoms with van der Waals surface area (Å²) in [5.41, 5.74) is 7.49. The van der Waals surface area contributed by atoms with Gasteiger partial charge in [-0.25, -0.2) is 0 Å². The standard InChI is InChI=1S/C11H9N3O2/c12-4-8-1-2-11(10(13)3-8)15-6-9-5-14-16-7-9/h1-3,5,7H,6,13H2. The highest BCUT2D eigenvalue weighted by Gasteiger charge is 2.03. The number of nitrogen functional groups attached to an aromatic ring is 1. The Morgan fingerprint density at radius 2 is 2.38 bits per heavy atom. The summed E-state index contributed by atoms with van der Waals surface area (Å²) in [7, 11) is 0. The molecule has 0 atom stereocenters. The summed E-state index contributed by atoms with van der Waals surface area (Å²) in [6.45, 7) is 0.333. The molecule has 0 amide bonds. The highest BCUT2D eigenvalue weighted by atomic mass is 16.5. The summed E-state index contributed by atoms with van der Waals surface area (Å²) < 4.78 is 10.1. The zero-order chi connectivity index (χ0) is 11.4. The predicted molar refractivity (Wildman–Crippen MR) is 56.4 cm³/mol.